The highest BCUT2D eigenvalue weighted by atomic mass is 32.1. The van der Waals surface area contributed by atoms with Crippen molar-refractivity contribution in [3.8, 4) is 0 Å². The number of hydrogen-bond donors (Lipinski definition) is 1. The van der Waals surface area contributed by atoms with Crippen LogP contribution in [0.4, 0.5) is 0 Å². The van der Waals surface area contributed by atoms with E-state index in [4.69, 9.17) is 0 Å². The van der Waals surface area contributed by atoms with Crippen LogP contribution in [0.5, 0.6) is 0 Å². The first kappa shape index (κ1) is 7.49. The Bertz CT molecular complexity index is 95.9. The van der Waals surface area contributed by atoms with E-state index >= 15 is 0 Å². The Morgan fingerprint density at radius 1 is 1.38 bits per heavy atom. The van der Waals surface area contributed by atoms with Crippen LogP contribution in [0.15, 0.2) is 0 Å². The molecule has 0 fully saturated rings. The monoisotopic (exact) mass is 133 g/mol. The normalized spacial score (nSPS) is 8.62. The zero-order valence-corrected chi connectivity index (χ0v) is 4.98. The highest BCUT2D eigenvalue weighted by Crippen LogP contribution is 1.90. The fraction of sp³-hybridized carbons (Fsp3) is 0.500. The minimum absolute atomic E-state index is 0.0502. The van der Waals surface area contributed by atoms with Crippen molar-refractivity contribution in [3.63, 3.8) is 0 Å². The lowest BCUT2D eigenvalue weighted by molar-refractivity contribution is -0.305. The molecular formula is C4H5O3S-. The molecule has 0 radical (unpaired) electrons. The SMILES string of the molecule is O=C([O-])CCC(=O)S. The van der Waals surface area contributed by atoms with Crippen LogP contribution in [0, 0.1) is 0 Å². The molecule has 0 bridgehead atoms. The third-order valence-corrected chi connectivity index (χ3v) is 0.767. The number of aliphatic carboxylic acids is 1. The molecule has 0 heterocycles. The Hall–Kier alpha value is -0.510. The van der Waals surface area contributed by atoms with Crippen LogP contribution < -0.4 is 5.11 Å². The molecule has 0 unspecified atom stereocenters. The van der Waals surface area contributed by atoms with Crippen LogP contribution in [-0.2, 0) is 9.59 Å². The Labute approximate surface area is 52.1 Å². The lowest BCUT2D eigenvalue weighted by Crippen LogP contribution is -2.22. The molecule has 0 aromatic carbocycles. The molecule has 0 aromatic heterocycles. The lowest BCUT2D eigenvalue weighted by atomic mass is 10.3. The number of thiol groups is 1. The summed E-state index contributed by atoms with van der Waals surface area (Å²) >= 11 is 3.34. The average Bonchev–Trinajstić information content (AvgIpc) is 1.61. The Morgan fingerprint density at radius 2 is 1.88 bits per heavy atom. The van der Waals surface area contributed by atoms with E-state index in [1.807, 2.05) is 0 Å². The second-order valence-corrected chi connectivity index (χ2v) is 1.76. The Balaban J connectivity index is 3.18. The first-order chi connectivity index (χ1) is 3.63. The molecule has 4 heteroatoms. The smallest absolute Gasteiger partial charge is 0.186 e. The van der Waals surface area contributed by atoms with Gasteiger partial charge in [0.25, 0.3) is 0 Å². The molecule has 3 nitrogen and oxygen atoms in total. The van der Waals surface area contributed by atoms with Crippen molar-refractivity contribution in [2.75, 3.05) is 0 Å². The van der Waals surface area contributed by atoms with Crippen LogP contribution in [-0.4, -0.2) is 11.1 Å². The van der Waals surface area contributed by atoms with Crippen molar-refractivity contribution in [1.82, 2.24) is 0 Å². The summed E-state index contributed by atoms with van der Waals surface area (Å²) in [5.74, 6) is -1.22. The van der Waals surface area contributed by atoms with E-state index in [0.29, 0.717) is 0 Å². The quantitative estimate of drug-likeness (QED) is 0.501. The van der Waals surface area contributed by atoms with E-state index < -0.39 is 11.1 Å². The van der Waals surface area contributed by atoms with E-state index in [9.17, 15) is 14.7 Å². The zero-order valence-electron chi connectivity index (χ0n) is 4.09. The van der Waals surface area contributed by atoms with Gasteiger partial charge in [-0.25, -0.2) is 0 Å². The molecule has 8 heavy (non-hydrogen) atoms. The number of carboxylic acid groups (broad SMARTS) is 1. The molecule has 0 spiro atoms. The third kappa shape index (κ3) is 5.49. The molecule has 0 N–H and O–H groups in total. The number of carboxylic acids is 1. The van der Waals surface area contributed by atoms with Crippen LogP contribution in [0.25, 0.3) is 0 Å². The predicted molar refractivity (Wildman–Crippen MR) is 28.2 cm³/mol. The van der Waals surface area contributed by atoms with Crippen molar-refractivity contribution in [2.45, 2.75) is 12.8 Å². The molecule has 0 amide bonds. The highest BCUT2D eigenvalue weighted by Gasteiger charge is 1.91. The molecule has 0 aliphatic heterocycles. The maximum Gasteiger partial charge on any atom is 0.186 e. The molecule has 0 aromatic rings. The summed E-state index contributed by atoms with van der Waals surface area (Å²) in [6.07, 6.45) is -0.284. The van der Waals surface area contributed by atoms with Gasteiger partial charge in [0.05, 0.1) is 0 Å². The first-order valence-electron chi connectivity index (χ1n) is 2.04. The van der Waals surface area contributed by atoms with Gasteiger partial charge in [-0.2, -0.15) is 0 Å². The molecule has 0 saturated heterocycles. The molecule has 46 valence electrons. The summed E-state index contributed by atoms with van der Waals surface area (Å²) in [6, 6.07) is 0. The lowest BCUT2D eigenvalue weighted by Gasteiger charge is -1.94. The third-order valence-electron chi connectivity index (χ3n) is 0.543. The van der Waals surface area contributed by atoms with Crippen molar-refractivity contribution in [1.29, 1.82) is 0 Å². The minimum Gasteiger partial charge on any atom is -0.550 e. The predicted octanol–water partition coefficient (Wildman–Crippen LogP) is -1.03. The fourth-order valence-electron chi connectivity index (χ4n) is 0.209. The molecule has 0 aliphatic carbocycles. The topological polar surface area (TPSA) is 57.2 Å². The van der Waals surface area contributed by atoms with Gasteiger partial charge in [0, 0.05) is 12.4 Å². The van der Waals surface area contributed by atoms with Gasteiger partial charge in [-0.15, -0.1) is 12.6 Å². The minimum atomic E-state index is -1.22. The summed E-state index contributed by atoms with van der Waals surface area (Å²) in [5.41, 5.74) is 0. The zero-order chi connectivity index (χ0) is 6.57. The van der Waals surface area contributed by atoms with E-state index in [-0.39, 0.29) is 12.8 Å². The standard InChI is InChI=1S/C4H6O3S/c5-3(6)1-2-4(7)8/h1-2H2,(H,5,6)(H,7,8)/p-1. The highest BCUT2D eigenvalue weighted by molar-refractivity contribution is 7.96. The van der Waals surface area contributed by atoms with Crippen molar-refractivity contribution in [2.24, 2.45) is 0 Å². The summed E-state index contributed by atoms with van der Waals surface area (Å²) in [6.45, 7) is 0. The number of carbonyl (C=O) groups excluding carboxylic acids is 2. The maximum atomic E-state index is 9.92. The Kier molecular flexibility index (Phi) is 3.26. The molecular weight excluding hydrogens is 128 g/mol. The van der Waals surface area contributed by atoms with Gasteiger partial charge in [0.15, 0.2) is 5.12 Å². The number of carbonyl (C=O) groups is 2. The largest absolute Gasteiger partial charge is 0.550 e. The van der Waals surface area contributed by atoms with Gasteiger partial charge < -0.3 is 9.90 Å². The molecule has 0 saturated carbocycles. The van der Waals surface area contributed by atoms with E-state index in [1.165, 1.54) is 0 Å². The molecule has 0 rings (SSSR count). The van der Waals surface area contributed by atoms with Gasteiger partial charge in [-0.05, 0) is 6.42 Å². The Morgan fingerprint density at radius 3 is 2.00 bits per heavy atom. The summed E-state index contributed by atoms with van der Waals surface area (Å²) < 4.78 is 0. The fourth-order valence-corrected chi connectivity index (χ4v) is 0.321. The summed E-state index contributed by atoms with van der Waals surface area (Å²) in [4.78, 5) is 19.5. The van der Waals surface area contributed by atoms with Crippen LogP contribution >= 0.6 is 12.6 Å². The van der Waals surface area contributed by atoms with Crippen LogP contribution in [0.3, 0.4) is 0 Å². The second-order valence-electron chi connectivity index (χ2n) is 1.27. The van der Waals surface area contributed by atoms with Gasteiger partial charge in [0.1, 0.15) is 0 Å². The molecule has 0 aliphatic rings. The maximum absolute atomic E-state index is 9.92. The average molecular weight is 133 g/mol. The van der Waals surface area contributed by atoms with Crippen molar-refractivity contribution < 1.29 is 14.7 Å². The second kappa shape index (κ2) is 3.49. The summed E-state index contributed by atoms with van der Waals surface area (Å²) in [5, 5.41) is 9.18. The van der Waals surface area contributed by atoms with E-state index in [2.05, 4.69) is 12.6 Å². The van der Waals surface area contributed by atoms with Crippen molar-refractivity contribution in [3.05, 3.63) is 0 Å². The van der Waals surface area contributed by atoms with Gasteiger partial charge in [-0.3, -0.25) is 4.79 Å². The summed E-state index contributed by atoms with van der Waals surface area (Å²) in [7, 11) is 0. The van der Waals surface area contributed by atoms with Gasteiger partial charge in [0.2, 0.25) is 0 Å². The molecule has 0 atom stereocenters. The number of hydrogen-bond acceptors (Lipinski definition) is 3. The van der Waals surface area contributed by atoms with Crippen LogP contribution in [0.1, 0.15) is 12.8 Å². The first-order valence-corrected chi connectivity index (χ1v) is 2.49. The van der Waals surface area contributed by atoms with Gasteiger partial charge in [-0.1, -0.05) is 0 Å². The van der Waals surface area contributed by atoms with Gasteiger partial charge >= 0.3 is 0 Å². The van der Waals surface area contributed by atoms with E-state index in [0.717, 1.165) is 0 Å². The van der Waals surface area contributed by atoms with Crippen molar-refractivity contribution >= 4 is 23.7 Å². The van der Waals surface area contributed by atoms with E-state index in [1.54, 1.807) is 0 Å². The van der Waals surface area contributed by atoms with Crippen LogP contribution in [0.2, 0.25) is 0 Å². The number of rotatable bonds is 3.